The van der Waals surface area contributed by atoms with Crippen molar-refractivity contribution < 1.29 is 20.4 Å². The normalized spacial score (nSPS) is 28.0. The molecule has 2 aromatic rings. The smallest absolute Gasteiger partial charge is 0.109 e. The number of benzene rings is 1. The number of nitrogens with zero attached hydrogens (tertiary/aromatic N) is 2. The third-order valence-corrected chi connectivity index (χ3v) is 4.52. The maximum Gasteiger partial charge on any atom is 0.109 e. The molecule has 4 atom stereocenters. The molecule has 128 valence electrons. The van der Waals surface area contributed by atoms with Gasteiger partial charge in [-0.1, -0.05) is 30.3 Å². The number of hydrogen-bond acceptors (Lipinski definition) is 6. The molecule has 0 spiro atoms. The fourth-order valence-corrected chi connectivity index (χ4v) is 3.11. The Kier molecular flexibility index (Phi) is 5.23. The number of rotatable bonds is 4. The highest BCUT2D eigenvalue weighted by Gasteiger charge is 2.40. The summed E-state index contributed by atoms with van der Waals surface area (Å²) < 4.78 is 0. The molecule has 1 aromatic carbocycles. The van der Waals surface area contributed by atoms with Crippen molar-refractivity contribution in [2.24, 2.45) is 0 Å². The van der Waals surface area contributed by atoms with Gasteiger partial charge in [0.25, 0.3) is 0 Å². The van der Waals surface area contributed by atoms with Crippen molar-refractivity contribution in [1.29, 1.82) is 0 Å². The third-order valence-electron chi connectivity index (χ3n) is 4.52. The first-order valence-electron chi connectivity index (χ1n) is 7.99. The number of likely N-dealkylation sites (tertiary alicyclic amines) is 1. The highest BCUT2D eigenvalue weighted by Crippen LogP contribution is 2.23. The van der Waals surface area contributed by atoms with E-state index >= 15 is 0 Å². The number of aliphatic hydroxyl groups excluding tert-OH is 4. The summed E-state index contributed by atoms with van der Waals surface area (Å²) in [4.78, 5) is 6.10. The molecule has 1 fully saturated rings. The Morgan fingerprint density at radius 3 is 2.38 bits per heavy atom. The van der Waals surface area contributed by atoms with Crippen LogP contribution < -0.4 is 0 Å². The lowest BCUT2D eigenvalue weighted by atomic mass is 9.93. The average Bonchev–Trinajstić information content (AvgIpc) is 2.61. The molecule has 1 aromatic heterocycles. The van der Waals surface area contributed by atoms with Crippen molar-refractivity contribution in [2.75, 3.05) is 13.2 Å². The van der Waals surface area contributed by atoms with Crippen LogP contribution in [0.3, 0.4) is 0 Å². The summed E-state index contributed by atoms with van der Waals surface area (Å²) in [7, 11) is 0. The van der Waals surface area contributed by atoms with Gasteiger partial charge in [-0.25, -0.2) is 0 Å². The van der Waals surface area contributed by atoms with Crippen LogP contribution in [0.15, 0.2) is 48.7 Å². The Bertz CT molecular complexity index is 650. The number of piperidine rings is 1. The Balaban J connectivity index is 1.73. The molecule has 0 unspecified atom stereocenters. The van der Waals surface area contributed by atoms with Gasteiger partial charge in [0.2, 0.25) is 0 Å². The fraction of sp³-hybridized carbons (Fsp3) is 0.389. The van der Waals surface area contributed by atoms with E-state index in [0.717, 1.165) is 16.8 Å². The summed E-state index contributed by atoms with van der Waals surface area (Å²) in [6.45, 7) is 0.386. The standard InChI is InChI=1S/C18H22N2O4/c21-11-15-17(23)18(24)16(22)10-20(15)9-12-4-6-13(7-5-12)14-3-1-2-8-19-14/h1-8,15-18,21-24H,9-11H2/t15-,16-,17+,18+/m0/s1. The molecule has 24 heavy (non-hydrogen) atoms. The van der Waals surface area contributed by atoms with Crippen LogP contribution >= 0.6 is 0 Å². The average molecular weight is 330 g/mol. The van der Waals surface area contributed by atoms with E-state index in [9.17, 15) is 20.4 Å². The van der Waals surface area contributed by atoms with Crippen molar-refractivity contribution in [1.82, 2.24) is 9.88 Å². The van der Waals surface area contributed by atoms with E-state index in [1.54, 1.807) is 11.1 Å². The zero-order chi connectivity index (χ0) is 17.1. The Hall–Kier alpha value is -1.83. The Morgan fingerprint density at radius 1 is 1.00 bits per heavy atom. The van der Waals surface area contributed by atoms with Crippen LogP contribution in [0.2, 0.25) is 0 Å². The quantitative estimate of drug-likeness (QED) is 0.630. The molecule has 3 rings (SSSR count). The van der Waals surface area contributed by atoms with E-state index in [-0.39, 0.29) is 13.2 Å². The number of hydrogen-bond donors (Lipinski definition) is 4. The van der Waals surface area contributed by atoms with Gasteiger partial charge in [-0.15, -0.1) is 0 Å². The summed E-state index contributed by atoms with van der Waals surface area (Å²) in [6.07, 6.45) is -1.69. The van der Waals surface area contributed by atoms with Crippen molar-refractivity contribution in [3.05, 3.63) is 54.2 Å². The fourth-order valence-electron chi connectivity index (χ4n) is 3.11. The maximum atomic E-state index is 10.0. The van der Waals surface area contributed by atoms with Gasteiger partial charge in [0.05, 0.1) is 24.4 Å². The van der Waals surface area contributed by atoms with E-state index in [0.29, 0.717) is 6.54 Å². The maximum absolute atomic E-state index is 10.0. The van der Waals surface area contributed by atoms with Crippen LogP contribution in [-0.2, 0) is 6.54 Å². The van der Waals surface area contributed by atoms with E-state index in [1.807, 2.05) is 42.5 Å². The molecule has 1 saturated heterocycles. The lowest BCUT2D eigenvalue weighted by Crippen LogP contribution is -2.62. The molecule has 0 amide bonds. The number of aliphatic hydroxyl groups is 4. The summed E-state index contributed by atoms with van der Waals surface area (Å²) in [5, 5.41) is 39.1. The molecule has 0 aliphatic carbocycles. The number of pyridine rings is 1. The van der Waals surface area contributed by atoms with E-state index in [1.165, 1.54) is 0 Å². The molecule has 0 saturated carbocycles. The highest BCUT2D eigenvalue weighted by molar-refractivity contribution is 5.58. The predicted molar refractivity (Wildman–Crippen MR) is 89.0 cm³/mol. The third kappa shape index (κ3) is 3.48. The van der Waals surface area contributed by atoms with Crippen LogP contribution in [-0.4, -0.2) is 67.8 Å². The van der Waals surface area contributed by atoms with Crippen molar-refractivity contribution in [3.63, 3.8) is 0 Å². The molecule has 6 nitrogen and oxygen atoms in total. The molecule has 2 heterocycles. The molecular formula is C18H22N2O4. The Labute approximate surface area is 140 Å². The number of β-amino-alcohol motifs (C(OH)–C–C–N with tert-alkyl or cyclic N) is 1. The second kappa shape index (κ2) is 7.38. The zero-order valence-electron chi connectivity index (χ0n) is 13.2. The minimum Gasteiger partial charge on any atom is -0.395 e. The zero-order valence-corrected chi connectivity index (χ0v) is 13.2. The molecule has 1 aliphatic heterocycles. The molecule has 0 bridgehead atoms. The van der Waals surface area contributed by atoms with Crippen LogP contribution in [0.1, 0.15) is 5.56 Å². The van der Waals surface area contributed by atoms with E-state index in [4.69, 9.17) is 0 Å². The van der Waals surface area contributed by atoms with Gasteiger partial charge in [0.15, 0.2) is 0 Å². The molecule has 6 heteroatoms. The Morgan fingerprint density at radius 2 is 1.75 bits per heavy atom. The summed E-state index contributed by atoms with van der Waals surface area (Å²) in [5.74, 6) is 0. The first kappa shape index (κ1) is 17.0. The van der Waals surface area contributed by atoms with Crippen LogP contribution in [0.4, 0.5) is 0 Å². The van der Waals surface area contributed by atoms with Gasteiger partial charge in [-0.3, -0.25) is 9.88 Å². The lowest BCUT2D eigenvalue weighted by molar-refractivity contribution is -0.147. The van der Waals surface area contributed by atoms with Crippen LogP contribution in [0.25, 0.3) is 11.3 Å². The van der Waals surface area contributed by atoms with Gasteiger partial charge in [-0.2, -0.15) is 0 Å². The monoisotopic (exact) mass is 330 g/mol. The minimum atomic E-state index is -1.23. The second-order valence-electron chi connectivity index (χ2n) is 6.14. The van der Waals surface area contributed by atoms with Crippen LogP contribution in [0.5, 0.6) is 0 Å². The molecule has 0 radical (unpaired) electrons. The van der Waals surface area contributed by atoms with Gasteiger partial charge in [0, 0.05) is 24.8 Å². The lowest BCUT2D eigenvalue weighted by Gasteiger charge is -2.43. The first-order chi connectivity index (χ1) is 11.6. The van der Waals surface area contributed by atoms with Gasteiger partial charge in [-0.05, 0) is 17.7 Å². The largest absolute Gasteiger partial charge is 0.395 e. The minimum absolute atomic E-state index is 0.200. The van der Waals surface area contributed by atoms with Gasteiger partial charge in [0.1, 0.15) is 12.2 Å². The predicted octanol–water partition coefficient (Wildman–Crippen LogP) is 0.00780. The SMILES string of the molecule is OC[C@H]1[C@@H](O)[C@H](O)[C@@H](O)CN1Cc1ccc(-c2ccccn2)cc1. The molecule has 4 N–H and O–H groups in total. The summed E-state index contributed by atoms with van der Waals surface area (Å²) in [6, 6.07) is 13.0. The van der Waals surface area contributed by atoms with E-state index < -0.39 is 24.4 Å². The molecule has 1 aliphatic rings. The van der Waals surface area contributed by atoms with E-state index in [2.05, 4.69) is 4.98 Å². The van der Waals surface area contributed by atoms with Crippen molar-refractivity contribution >= 4 is 0 Å². The summed E-state index contributed by atoms with van der Waals surface area (Å²) in [5.41, 5.74) is 2.89. The van der Waals surface area contributed by atoms with Gasteiger partial charge < -0.3 is 20.4 Å². The van der Waals surface area contributed by atoms with Gasteiger partial charge >= 0.3 is 0 Å². The number of aromatic nitrogens is 1. The van der Waals surface area contributed by atoms with Crippen molar-refractivity contribution in [2.45, 2.75) is 30.9 Å². The first-order valence-corrected chi connectivity index (χ1v) is 7.99. The second-order valence-corrected chi connectivity index (χ2v) is 6.14. The van der Waals surface area contributed by atoms with Crippen molar-refractivity contribution in [3.8, 4) is 11.3 Å². The topological polar surface area (TPSA) is 97.0 Å². The summed E-state index contributed by atoms with van der Waals surface area (Å²) >= 11 is 0. The van der Waals surface area contributed by atoms with Crippen LogP contribution in [0, 0.1) is 0 Å². The molecular weight excluding hydrogens is 308 g/mol. The highest BCUT2D eigenvalue weighted by atomic mass is 16.4.